The Hall–Kier alpha value is -1.14. The summed E-state index contributed by atoms with van der Waals surface area (Å²) in [4.78, 5) is 4.48. The van der Waals surface area contributed by atoms with Gasteiger partial charge in [-0.3, -0.25) is 4.99 Å². The van der Waals surface area contributed by atoms with Crippen molar-refractivity contribution in [3.8, 4) is 0 Å². The molecular weight excluding hydrogens is 274 g/mol. The van der Waals surface area contributed by atoms with E-state index in [4.69, 9.17) is 9.15 Å². The van der Waals surface area contributed by atoms with Gasteiger partial charge in [0.15, 0.2) is 5.96 Å². The van der Waals surface area contributed by atoms with Gasteiger partial charge in [0.05, 0.1) is 19.4 Å². The molecule has 0 aliphatic rings. The van der Waals surface area contributed by atoms with Crippen molar-refractivity contribution in [1.82, 2.24) is 10.6 Å². The highest BCUT2D eigenvalue weighted by Crippen LogP contribution is 1.99. The second-order valence-electron chi connectivity index (χ2n) is 4.10. The van der Waals surface area contributed by atoms with Gasteiger partial charge >= 0.3 is 0 Å². The van der Waals surface area contributed by atoms with Crippen LogP contribution in [-0.2, 0) is 11.2 Å². The van der Waals surface area contributed by atoms with Gasteiger partial charge in [-0.15, -0.1) is 0 Å². The van der Waals surface area contributed by atoms with E-state index in [1.54, 1.807) is 6.26 Å². The summed E-state index contributed by atoms with van der Waals surface area (Å²) in [7, 11) is 0. The van der Waals surface area contributed by atoms with Gasteiger partial charge in [0, 0.05) is 31.9 Å². The summed E-state index contributed by atoms with van der Waals surface area (Å²) in [5, 5.41) is 6.62. The third kappa shape index (κ3) is 8.12. The maximum Gasteiger partial charge on any atom is 0.191 e. The largest absolute Gasteiger partial charge is 0.469 e. The lowest BCUT2D eigenvalue weighted by Gasteiger charge is -2.11. The zero-order valence-electron chi connectivity index (χ0n) is 12.4. The predicted molar refractivity (Wildman–Crippen MR) is 85.6 cm³/mol. The molecule has 0 aliphatic heterocycles. The minimum Gasteiger partial charge on any atom is -0.469 e. The molecule has 20 heavy (non-hydrogen) atoms. The van der Waals surface area contributed by atoms with E-state index in [9.17, 15) is 0 Å². The average molecular weight is 299 g/mol. The minimum absolute atomic E-state index is 0.657. The fourth-order valence-corrected chi connectivity index (χ4v) is 1.88. The van der Waals surface area contributed by atoms with Crippen LogP contribution in [0.1, 0.15) is 12.7 Å². The van der Waals surface area contributed by atoms with Crippen molar-refractivity contribution in [2.45, 2.75) is 13.3 Å². The molecule has 0 aromatic carbocycles. The molecule has 0 unspecified atom stereocenters. The quantitative estimate of drug-likeness (QED) is 0.392. The van der Waals surface area contributed by atoms with Crippen LogP contribution in [0.5, 0.6) is 0 Å². The molecule has 0 amide bonds. The van der Waals surface area contributed by atoms with Gasteiger partial charge in [-0.25, -0.2) is 0 Å². The Labute approximate surface area is 125 Å². The third-order valence-electron chi connectivity index (χ3n) is 2.55. The van der Waals surface area contributed by atoms with Crippen LogP contribution >= 0.6 is 11.8 Å². The lowest BCUT2D eigenvalue weighted by molar-refractivity contribution is 0.155. The highest BCUT2D eigenvalue weighted by atomic mass is 32.2. The van der Waals surface area contributed by atoms with Crippen molar-refractivity contribution in [3.05, 3.63) is 24.2 Å². The molecule has 1 aromatic rings. The number of nitrogens with one attached hydrogen (secondary N) is 2. The van der Waals surface area contributed by atoms with Crippen molar-refractivity contribution in [1.29, 1.82) is 0 Å². The average Bonchev–Trinajstić information content (AvgIpc) is 2.96. The first-order valence-electron chi connectivity index (χ1n) is 6.98. The first kappa shape index (κ1) is 16.9. The molecule has 0 aliphatic carbocycles. The Morgan fingerprint density at radius 3 is 2.95 bits per heavy atom. The summed E-state index contributed by atoms with van der Waals surface area (Å²) < 4.78 is 10.6. The summed E-state index contributed by atoms with van der Waals surface area (Å²) in [6, 6.07) is 3.89. The standard InChI is InChI=1S/C14H25N3O2S/c1-3-18-11-8-16-14(17-9-12-20-2)15-7-6-13-5-4-10-19-13/h4-5,10H,3,6-9,11-12H2,1-2H3,(H2,15,16,17). The number of nitrogens with zero attached hydrogens (tertiary/aromatic N) is 1. The highest BCUT2D eigenvalue weighted by molar-refractivity contribution is 7.98. The number of hydrogen-bond acceptors (Lipinski definition) is 4. The molecule has 6 heteroatoms. The Bertz CT molecular complexity index is 355. The van der Waals surface area contributed by atoms with Crippen molar-refractivity contribution in [2.24, 2.45) is 4.99 Å². The molecule has 114 valence electrons. The maximum atomic E-state index is 5.30. The first-order chi connectivity index (χ1) is 9.86. The number of ether oxygens (including phenoxy) is 1. The number of furan rings is 1. The predicted octanol–water partition coefficient (Wildman–Crippen LogP) is 1.76. The van der Waals surface area contributed by atoms with Crippen LogP contribution in [0.25, 0.3) is 0 Å². The van der Waals surface area contributed by atoms with Crippen LogP contribution in [0.15, 0.2) is 27.8 Å². The van der Waals surface area contributed by atoms with Crippen molar-refractivity contribution >= 4 is 17.7 Å². The number of aliphatic imine (C=N–C) groups is 1. The van der Waals surface area contributed by atoms with Crippen LogP contribution in [0, 0.1) is 0 Å². The van der Waals surface area contributed by atoms with Gasteiger partial charge in [-0.1, -0.05) is 0 Å². The summed E-state index contributed by atoms with van der Waals surface area (Å²) in [5.74, 6) is 2.88. The van der Waals surface area contributed by atoms with E-state index in [0.29, 0.717) is 13.2 Å². The second kappa shape index (κ2) is 11.7. The van der Waals surface area contributed by atoms with Gasteiger partial charge in [-0.2, -0.15) is 11.8 Å². The molecule has 0 fully saturated rings. The van der Waals surface area contributed by atoms with Crippen LogP contribution < -0.4 is 10.6 Å². The van der Waals surface area contributed by atoms with E-state index in [2.05, 4.69) is 21.9 Å². The number of hydrogen-bond donors (Lipinski definition) is 2. The summed E-state index contributed by atoms with van der Waals surface area (Å²) >= 11 is 1.81. The van der Waals surface area contributed by atoms with E-state index >= 15 is 0 Å². The fourth-order valence-electron chi connectivity index (χ4n) is 1.57. The molecule has 1 rings (SSSR count). The van der Waals surface area contributed by atoms with E-state index in [-0.39, 0.29) is 0 Å². The van der Waals surface area contributed by atoms with Gasteiger partial charge < -0.3 is 19.8 Å². The SMILES string of the molecule is CCOCCN=C(NCCSC)NCCc1ccco1. The first-order valence-corrected chi connectivity index (χ1v) is 8.37. The zero-order chi connectivity index (χ0) is 14.5. The maximum absolute atomic E-state index is 5.30. The molecule has 5 nitrogen and oxygen atoms in total. The lowest BCUT2D eigenvalue weighted by Crippen LogP contribution is -2.39. The molecule has 2 N–H and O–H groups in total. The molecular formula is C14H25N3O2S. The van der Waals surface area contributed by atoms with Crippen LogP contribution in [0.2, 0.25) is 0 Å². The minimum atomic E-state index is 0.657. The fraction of sp³-hybridized carbons (Fsp3) is 0.643. The normalized spacial score (nSPS) is 11.6. The van der Waals surface area contributed by atoms with Crippen LogP contribution in [0.3, 0.4) is 0 Å². The molecule has 0 spiro atoms. The molecule has 1 heterocycles. The molecule has 0 atom stereocenters. The number of guanidine groups is 1. The molecule has 0 saturated heterocycles. The Balaban J connectivity index is 2.28. The third-order valence-corrected chi connectivity index (χ3v) is 3.16. The molecule has 1 aromatic heterocycles. The summed E-state index contributed by atoms with van der Waals surface area (Å²) in [6.07, 6.45) is 4.64. The van der Waals surface area contributed by atoms with Crippen LogP contribution in [0.4, 0.5) is 0 Å². The molecule has 0 bridgehead atoms. The Kier molecular flexibility index (Phi) is 9.87. The molecule has 0 radical (unpaired) electrons. The Morgan fingerprint density at radius 1 is 1.40 bits per heavy atom. The zero-order valence-corrected chi connectivity index (χ0v) is 13.2. The van der Waals surface area contributed by atoms with Crippen LogP contribution in [-0.4, -0.2) is 50.8 Å². The number of rotatable bonds is 10. The van der Waals surface area contributed by atoms with Crippen molar-refractivity contribution < 1.29 is 9.15 Å². The van der Waals surface area contributed by atoms with Gasteiger partial charge in [0.25, 0.3) is 0 Å². The van der Waals surface area contributed by atoms with E-state index in [1.165, 1.54) is 0 Å². The van der Waals surface area contributed by atoms with E-state index in [0.717, 1.165) is 43.6 Å². The van der Waals surface area contributed by atoms with Gasteiger partial charge in [0.2, 0.25) is 0 Å². The van der Waals surface area contributed by atoms with Crippen molar-refractivity contribution in [3.63, 3.8) is 0 Å². The summed E-state index contributed by atoms with van der Waals surface area (Å²) in [5.41, 5.74) is 0. The Morgan fingerprint density at radius 2 is 2.25 bits per heavy atom. The van der Waals surface area contributed by atoms with E-state index < -0.39 is 0 Å². The highest BCUT2D eigenvalue weighted by Gasteiger charge is 1.99. The monoisotopic (exact) mass is 299 g/mol. The van der Waals surface area contributed by atoms with E-state index in [1.807, 2.05) is 30.8 Å². The van der Waals surface area contributed by atoms with Gasteiger partial charge in [0.1, 0.15) is 5.76 Å². The second-order valence-corrected chi connectivity index (χ2v) is 5.09. The van der Waals surface area contributed by atoms with Crippen molar-refractivity contribution in [2.75, 3.05) is 44.9 Å². The van der Waals surface area contributed by atoms with Gasteiger partial charge in [-0.05, 0) is 25.3 Å². The molecule has 0 saturated carbocycles. The smallest absolute Gasteiger partial charge is 0.191 e. The lowest BCUT2D eigenvalue weighted by atomic mass is 10.3. The topological polar surface area (TPSA) is 58.8 Å². The number of thioether (sulfide) groups is 1. The summed E-state index contributed by atoms with van der Waals surface area (Å²) in [6.45, 7) is 5.75.